The Kier molecular flexibility index (Phi) is 7.07. The van der Waals surface area contributed by atoms with E-state index in [2.05, 4.69) is 10.3 Å². The minimum Gasteiger partial charge on any atom is -0.484 e. The quantitative estimate of drug-likeness (QED) is 0.560. The number of aryl methyl sites for hydroxylation is 2. The monoisotopic (exact) mass is 477 g/mol. The van der Waals surface area contributed by atoms with Crippen LogP contribution < -0.4 is 10.1 Å². The number of carbonyl (C=O) groups is 2. The molecule has 7 nitrogen and oxygen atoms in total. The summed E-state index contributed by atoms with van der Waals surface area (Å²) in [6, 6.07) is 12.9. The van der Waals surface area contributed by atoms with Crippen molar-refractivity contribution in [2.24, 2.45) is 4.99 Å². The summed E-state index contributed by atoms with van der Waals surface area (Å²) in [6.45, 7) is 7.66. The van der Waals surface area contributed by atoms with Crippen molar-refractivity contribution in [3.8, 4) is 5.75 Å². The number of anilines is 1. The lowest BCUT2D eigenvalue weighted by Gasteiger charge is -2.33. The lowest BCUT2D eigenvalue weighted by Crippen LogP contribution is -2.34. The van der Waals surface area contributed by atoms with E-state index in [1.807, 2.05) is 73.7 Å². The molecule has 34 heavy (non-hydrogen) atoms. The Labute approximate surface area is 203 Å². The van der Waals surface area contributed by atoms with Gasteiger partial charge in [0.25, 0.3) is 5.91 Å². The molecule has 2 aliphatic rings. The van der Waals surface area contributed by atoms with Gasteiger partial charge in [-0.25, -0.2) is 9.79 Å². The molecule has 4 rings (SSSR count). The largest absolute Gasteiger partial charge is 0.484 e. The van der Waals surface area contributed by atoms with Gasteiger partial charge < -0.3 is 19.7 Å². The molecule has 0 aliphatic carbocycles. The zero-order valence-corrected chi connectivity index (χ0v) is 20.4. The third-order valence-electron chi connectivity index (χ3n) is 5.61. The molecule has 2 aliphatic heterocycles. The first-order valence-electron chi connectivity index (χ1n) is 11.1. The number of thioether (sulfide) groups is 1. The molecule has 0 bridgehead atoms. The van der Waals surface area contributed by atoms with E-state index in [1.54, 1.807) is 13.0 Å². The number of amides is 1. The summed E-state index contributed by atoms with van der Waals surface area (Å²) >= 11 is 1.50. The van der Waals surface area contributed by atoms with Crippen molar-refractivity contribution in [2.75, 3.05) is 18.5 Å². The van der Waals surface area contributed by atoms with E-state index >= 15 is 0 Å². The molecule has 0 fully saturated rings. The number of nitrogens with zero attached hydrogens (tertiary/aromatic N) is 2. The van der Waals surface area contributed by atoms with Crippen LogP contribution in [0.1, 0.15) is 36.6 Å². The molecule has 2 heterocycles. The number of rotatable bonds is 7. The molecule has 0 spiro atoms. The van der Waals surface area contributed by atoms with Crippen LogP contribution in [0.4, 0.5) is 5.69 Å². The van der Waals surface area contributed by atoms with Crippen LogP contribution in [0.25, 0.3) is 0 Å². The van der Waals surface area contributed by atoms with Gasteiger partial charge in [-0.2, -0.15) is 0 Å². The second-order valence-corrected chi connectivity index (χ2v) is 8.88. The summed E-state index contributed by atoms with van der Waals surface area (Å²) in [7, 11) is 0. The van der Waals surface area contributed by atoms with Crippen LogP contribution in [0.15, 0.2) is 70.3 Å². The summed E-state index contributed by atoms with van der Waals surface area (Å²) in [6.07, 6.45) is 1.91. The predicted molar refractivity (Wildman–Crippen MR) is 135 cm³/mol. The number of nitrogens with one attached hydrogen (secondary N) is 1. The Morgan fingerprint density at radius 1 is 1.12 bits per heavy atom. The number of hydrogen-bond donors (Lipinski definition) is 1. The third kappa shape index (κ3) is 4.87. The summed E-state index contributed by atoms with van der Waals surface area (Å²) in [5.41, 5.74) is 4.75. The lowest BCUT2D eigenvalue weighted by molar-refractivity contribution is -0.139. The van der Waals surface area contributed by atoms with E-state index in [9.17, 15) is 9.59 Å². The molecule has 0 saturated heterocycles. The third-order valence-corrected chi connectivity index (χ3v) is 6.38. The zero-order valence-electron chi connectivity index (χ0n) is 19.6. The van der Waals surface area contributed by atoms with Crippen LogP contribution in [-0.4, -0.2) is 35.2 Å². The number of amidine groups is 1. The number of para-hydroxylation sites is 1. The van der Waals surface area contributed by atoms with Gasteiger partial charge in [0.15, 0.2) is 11.8 Å². The molecular weight excluding hydrogens is 450 g/mol. The van der Waals surface area contributed by atoms with Crippen molar-refractivity contribution >= 4 is 34.5 Å². The molecule has 2 aromatic rings. The molecule has 8 heteroatoms. The number of hydrogen-bond acceptors (Lipinski definition) is 7. The Morgan fingerprint density at radius 2 is 1.85 bits per heavy atom. The van der Waals surface area contributed by atoms with Crippen LogP contribution in [0.2, 0.25) is 0 Å². The number of benzene rings is 2. The van der Waals surface area contributed by atoms with E-state index in [-0.39, 0.29) is 19.1 Å². The van der Waals surface area contributed by atoms with Gasteiger partial charge in [-0.1, -0.05) is 42.1 Å². The molecule has 1 amide bonds. The van der Waals surface area contributed by atoms with Gasteiger partial charge in [0.2, 0.25) is 0 Å². The number of fused-ring (bicyclic) bond motifs is 1. The first-order chi connectivity index (χ1) is 16.4. The van der Waals surface area contributed by atoms with Crippen molar-refractivity contribution in [3.63, 3.8) is 0 Å². The van der Waals surface area contributed by atoms with Crippen LogP contribution >= 0.6 is 11.8 Å². The highest BCUT2D eigenvalue weighted by Crippen LogP contribution is 2.41. The van der Waals surface area contributed by atoms with E-state index in [1.165, 1.54) is 11.8 Å². The smallest absolute Gasteiger partial charge is 0.338 e. The van der Waals surface area contributed by atoms with Crippen LogP contribution in [0.3, 0.4) is 0 Å². The van der Waals surface area contributed by atoms with Gasteiger partial charge >= 0.3 is 5.97 Å². The second-order valence-electron chi connectivity index (χ2n) is 8.00. The SMILES string of the molecule is CCOC(=O)C1=C(C)N=C2SC=CN2[C@H]1c1cccc(OCC(=O)Nc2c(C)cccc2C)c1. The Hall–Kier alpha value is -3.52. The Bertz CT molecular complexity index is 1200. The first-order valence-corrected chi connectivity index (χ1v) is 11.9. The summed E-state index contributed by atoms with van der Waals surface area (Å²) in [5, 5.41) is 5.67. The maximum absolute atomic E-state index is 12.8. The molecule has 1 N–H and O–H groups in total. The summed E-state index contributed by atoms with van der Waals surface area (Å²) < 4.78 is 11.1. The van der Waals surface area contributed by atoms with Gasteiger partial charge in [0, 0.05) is 11.9 Å². The molecule has 0 unspecified atom stereocenters. The van der Waals surface area contributed by atoms with Crippen molar-refractivity contribution in [2.45, 2.75) is 33.7 Å². The maximum Gasteiger partial charge on any atom is 0.338 e. The van der Waals surface area contributed by atoms with Gasteiger partial charge in [0.1, 0.15) is 5.75 Å². The van der Waals surface area contributed by atoms with Crippen molar-refractivity contribution in [1.29, 1.82) is 0 Å². The standard InChI is InChI=1S/C26H27N3O4S/c1-5-32-25(31)22-18(4)27-26-29(12-13-34-26)24(22)19-10-7-11-20(14-19)33-15-21(30)28-23-16(2)8-6-9-17(23)3/h6-14,24H,5,15H2,1-4H3,(H,28,30)/t24-/m0/s1. The van der Waals surface area contributed by atoms with Crippen molar-refractivity contribution in [3.05, 3.63) is 82.0 Å². The number of ether oxygens (including phenoxy) is 2. The average molecular weight is 478 g/mol. The normalized spacial score (nSPS) is 16.8. The van der Waals surface area contributed by atoms with Gasteiger partial charge in [-0.05, 0) is 61.9 Å². The zero-order chi connectivity index (χ0) is 24.2. The number of aliphatic imine (C=N–C) groups is 1. The van der Waals surface area contributed by atoms with Gasteiger partial charge in [0.05, 0.1) is 23.9 Å². The fourth-order valence-electron chi connectivity index (χ4n) is 4.01. The number of allylic oxidation sites excluding steroid dienone is 1. The minimum absolute atomic E-state index is 0.131. The molecule has 0 aromatic heterocycles. The van der Waals surface area contributed by atoms with Crippen molar-refractivity contribution in [1.82, 2.24) is 4.90 Å². The van der Waals surface area contributed by atoms with Gasteiger partial charge in [-0.3, -0.25) is 4.79 Å². The molecule has 0 saturated carbocycles. The highest BCUT2D eigenvalue weighted by Gasteiger charge is 2.37. The molecule has 0 radical (unpaired) electrons. The maximum atomic E-state index is 12.8. The number of esters is 1. The van der Waals surface area contributed by atoms with E-state index < -0.39 is 12.0 Å². The second kappa shape index (κ2) is 10.2. The Morgan fingerprint density at radius 3 is 2.59 bits per heavy atom. The average Bonchev–Trinajstić information content (AvgIpc) is 3.27. The van der Waals surface area contributed by atoms with Gasteiger partial charge in [-0.15, -0.1) is 0 Å². The molecule has 1 atom stereocenters. The summed E-state index contributed by atoms with van der Waals surface area (Å²) in [4.78, 5) is 31.9. The Balaban J connectivity index is 1.54. The van der Waals surface area contributed by atoms with Crippen LogP contribution in [0, 0.1) is 13.8 Å². The topological polar surface area (TPSA) is 80.2 Å². The predicted octanol–water partition coefficient (Wildman–Crippen LogP) is 5.09. The highest BCUT2D eigenvalue weighted by atomic mass is 32.2. The van der Waals surface area contributed by atoms with Crippen LogP contribution in [0.5, 0.6) is 5.75 Å². The fraction of sp³-hybridized carbons (Fsp3) is 0.269. The van der Waals surface area contributed by atoms with E-state index in [4.69, 9.17) is 9.47 Å². The fourth-order valence-corrected chi connectivity index (χ4v) is 4.80. The molecular formula is C26H27N3O4S. The van der Waals surface area contributed by atoms with Crippen molar-refractivity contribution < 1.29 is 19.1 Å². The van der Waals surface area contributed by atoms with E-state index in [0.717, 1.165) is 27.5 Å². The van der Waals surface area contributed by atoms with Crippen LogP contribution in [-0.2, 0) is 14.3 Å². The molecule has 2 aromatic carbocycles. The summed E-state index contributed by atoms with van der Waals surface area (Å²) in [5.74, 6) is -0.0935. The lowest BCUT2D eigenvalue weighted by atomic mass is 9.94. The minimum atomic E-state index is -0.398. The van der Waals surface area contributed by atoms with E-state index in [0.29, 0.717) is 17.0 Å². The highest BCUT2D eigenvalue weighted by molar-refractivity contribution is 8.16. The molecule has 176 valence electrons. The number of carbonyl (C=O) groups excluding carboxylic acids is 2. The first kappa shape index (κ1) is 23.6.